The monoisotopic (exact) mass is 454 g/mol. The average Bonchev–Trinajstić information content (AvgIpc) is 2.70. The van der Waals surface area contributed by atoms with Crippen LogP contribution in [0.5, 0.6) is 11.5 Å². The number of carbonyl (C=O) groups excluding carboxylic acids is 2. The molecule has 4 rings (SSSR count). The van der Waals surface area contributed by atoms with Crippen molar-refractivity contribution < 1.29 is 32.2 Å². The lowest BCUT2D eigenvalue weighted by Crippen LogP contribution is -2.53. The number of amides is 2. The molecular weight excluding hydrogens is 437 g/mol. The van der Waals surface area contributed by atoms with Crippen LogP contribution in [0, 0.1) is 0 Å². The lowest BCUT2D eigenvalue weighted by atomic mass is 9.82. The van der Waals surface area contributed by atoms with E-state index in [9.17, 15) is 22.8 Å². The number of nitrogens with one attached hydrogen (secondary N) is 1. The van der Waals surface area contributed by atoms with Gasteiger partial charge in [0.1, 0.15) is 17.1 Å². The maximum absolute atomic E-state index is 12.6. The van der Waals surface area contributed by atoms with E-state index in [1.807, 2.05) is 0 Å². The highest BCUT2D eigenvalue weighted by atomic mass is 35.5. The molecule has 1 fully saturated rings. The summed E-state index contributed by atoms with van der Waals surface area (Å²) >= 11 is 6.20. The number of fused-ring (bicyclic) bond motifs is 1. The number of Topliss-reactive ketones (excluding diaryl/α,β-unsaturated/α-hetero) is 1. The zero-order chi connectivity index (χ0) is 22.2. The Hall–Kier alpha value is -2.94. The molecule has 0 unspecified atom stereocenters. The van der Waals surface area contributed by atoms with Gasteiger partial charge in [-0.2, -0.15) is 0 Å². The summed E-state index contributed by atoms with van der Waals surface area (Å²) in [4.78, 5) is 26.7. The Balaban J connectivity index is 1.36. The van der Waals surface area contributed by atoms with Crippen molar-refractivity contribution in [1.29, 1.82) is 0 Å². The molecule has 0 bridgehead atoms. The zero-order valence-electron chi connectivity index (χ0n) is 16.2. The minimum absolute atomic E-state index is 0.0391. The summed E-state index contributed by atoms with van der Waals surface area (Å²) in [7, 11) is 0. The summed E-state index contributed by atoms with van der Waals surface area (Å²) in [5.74, 6) is -0.0224. The van der Waals surface area contributed by atoms with E-state index in [4.69, 9.17) is 16.3 Å². The summed E-state index contributed by atoms with van der Waals surface area (Å²) in [5, 5.41) is 3.03. The van der Waals surface area contributed by atoms with Gasteiger partial charge in [-0.25, -0.2) is 4.79 Å². The summed E-state index contributed by atoms with van der Waals surface area (Å²) in [5.41, 5.74) is 0.100. The predicted molar refractivity (Wildman–Crippen MR) is 107 cm³/mol. The van der Waals surface area contributed by atoms with Gasteiger partial charge in [-0.1, -0.05) is 17.7 Å². The lowest BCUT2D eigenvalue weighted by molar-refractivity contribution is -0.274. The zero-order valence-corrected chi connectivity index (χ0v) is 16.9. The number of nitrogens with zero attached hydrogens (tertiary/aromatic N) is 1. The molecule has 1 saturated heterocycles. The molecule has 1 spiro atoms. The first-order valence-electron chi connectivity index (χ1n) is 9.57. The Morgan fingerprint density at radius 1 is 1.13 bits per heavy atom. The maximum Gasteiger partial charge on any atom is 0.573 e. The number of alkyl halides is 3. The van der Waals surface area contributed by atoms with Crippen LogP contribution in [0.25, 0.3) is 0 Å². The highest BCUT2D eigenvalue weighted by molar-refractivity contribution is 6.32. The number of anilines is 1. The van der Waals surface area contributed by atoms with E-state index in [0.29, 0.717) is 48.0 Å². The molecule has 0 aromatic heterocycles. The molecule has 164 valence electrons. The first-order valence-corrected chi connectivity index (χ1v) is 9.94. The van der Waals surface area contributed by atoms with E-state index in [-0.39, 0.29) is 24.0 Å². The standard InChI is InChI=1S/C21H18ClF3N2O4/c22-16-3-1-2-15-17(28)12-20(31-18(15)16)8-10-27(11-9-20)19(29)26-13-4-6-14(7-5-13)30-21(23,24)25/h1-7H,8-12H2,(H,26,29). The molecule has 2 aliphatic rings. The van der Waals surface area contributed by atoms with Crippen LogP contribution in [0.4, 0.5) is 23.7 Å². The lowest BCUT2D eigenvalue weighted by Gasteiger charge is -2.44. The van der Waals surface area contributed by atoms with Crippen LogP contribution in [0.15, 0.2) is 42.5 Å². The van der Waals surface area contributed by atoms with Gasteiger partial charge in [0, 0.05) is 31.6 Å². The fourth-order valence-electron chi connectivity index (χ4n) is 3.81. The summed E-state index contributed by atoms with van der Waals surface area (Å²) in [6.07, 6.45) is -3.65. The number of para-hydroxylation sites is 1. The number of likely N-dealkylation sites (tertiary alicyclic amines) is 1. The van der Waals surface area contributed by atoms with E-state index in [1.165, 1.54) is 12.1 Å². The van der Waals surface area contributed by atoms with Crippen molar-refractivity contribution in [2.24, 2.45) is 0 Å². The Morgan fingerprint density at radius 3 is 2.45 bits per heavy atom. The number of halogens is 4. The van der Waals surface area contributed by atoms with Crippen molar-refractivity contribution in [2.75, 3.05) is 18.4 Å². The SMILES string of the molecule is O=C1CC2(CCN(C(=O)Nc3ccc(OC(F)(F)F)cc3)CC2)Oc2c(Cl)cccc21. The van der Waals surface area contributed by atoms with Crippen molar-refractivity contribution in [1.82, 2.24) is 4.90 Å². The largest absolute Gasteiger partial charge is 0.573 e. The minimum atomic E-state index is -4.78. The van der Waals surface area contributed by atoms with Crippen LogP contribution < -0.4 is 14.8 Å². The van der Waals surface area contributed by atoms with Crippen molar-refractivity contribution in [3.63, 3.8) is 0 Å². The Labute approximate surface area is 180 Å². The molecule has 2 aliphatic heterocycles. The summed E-state index contributed by atoms with van der Waals surface area (Å²) in [6, 6.07) is 9.56. The third-order valence-corrected chi connectivity index (χ3v) is 5.67. The molecule has 0 radical (unpaired) electrons. The molecule has 2 aromatic rings. The van der Waals surface area contributed by atoms with Crippen LogP contribution in [0.2, 0.25) is 5.02 Å². The van der Waals surface area contributed by atoms with E-state index >= 15 is 0 Å². The maximum atomic E-state index is 12.6. The van der Waals surface area contributed by atoms with Crippen LogP contribution >= 0.6 is 11.6 Å². The second-order valence-electron chi connectivity index (χ2n) is 7.49. The van der Waals surface area contributed by atoms with E-state index in [1.54, 1.807) is 23.1 Å². The van der Waals surface area contributed by atoms with Gasteiger partial charge < -0.3 is 19.7 Å². The highest BCUT2D eigenvalue weighted by Crippen LogP contribution is 2.42. The molecule has 0 saturated carbocycles. The Morgan fingerprint density at radius 2 is 1.81 bits per heavy atom. The summed E-state index contributed by atoms with van der Waals surface area (Å²) in [6.45, 7) is 0.711. The number of piperidine rings is 1. The third kappa shape index (κ3) is 4.71. The van der Waals surface area contributed by atoms with Gasteiger partial charge in [0.25, 0.3) is 0 Å². The highest BCUT2D eigenvalue weighted by Gasteiger charge is 2.44. The van der Waals surface area contributed by atoms with Gasteiger partial charge >= 0.3 is 12.4 Å². The first-order chi connectivity index (χ1) is 14.6. The van der Waals surface area contributed by atoms with Crippen molar-refractivity contribution in [2.45, 2.75) is 31.2 Å². The summed E-state index contributed by atoms with van der Waals surface area (Å²) < 4.78 is 46.7. The van der Waals surface area contributed by atoms with Crippen molar-refractivity contribution in [3.05, 3.63) is 53.1 Å². The quantitative estimate of drug-likeness (QED) is 0.671. The normalized spacial score (nSPS) is 17.7. The second kappa shape index (κ2) is 7.96. The van der Waals surface area contributed by atoms with Crippen LogP contribution in [-0.2, 0) is 0 Å². The van der Waals surface area contributed by atoms with Gasteiger partial charge in [-0.15, -0.1) is 13.2 Å². The van der Waals surface area contributed by atoms with Crippen LogP contribution in [0.3, 0.4) is 0 Å². The minimum Gasteiger partial charge on any atom is -0.484 e. The van der Waals surface area contributed by atoms with Gasteiger partial charge in [0.15, 0.2) is 5.78 Å². The Bertz CT molecular complexity index is 1000. The molecule has 31 heavy (non-hydrogen) atoms. The molecular formula is C21H18ClF3N2O4. The average molecular weight is 455 g/mol. The smallest absolute Gasteiger partial charge is 0.484 e. The van der Waals surface area contributed by atoms with Gasteiger partial charge in [-0.3, -0.25) is 4.79 Å². The molecule has 2 aromatic carbocycles. The Kier molecular flexibility index (Phi) is 5.47. The first kappa shape index (κ1) is 21.3. The molecule has 0 atom stereocenters. The second-order valence-corrected chi connectivity index (χ2v) is 7.90. The van der Waals surface area contributed by atoms with E-state index in [0.717, 1.165) is 12.1 Å². The van der Waals surface area contributed by atoms with E-state index in [2.05, 4.69) is 10.1 Å². The topological polar surface area (TPSA) is 67.9 Å². The molecule has 6 nitrogen and oxygen atoms in total. The number of hydrogen-bond acceptors (Lipinski definition) is 4. The number of hydrogen-bond donors (Lipinski definition) is 1. The number of ether oxygens (including phenoxy) is 2. The van der Waals surface area contributed by atoms with Gasteiger partial charge in [-0.05, 0) is 36.4 Å². The molecule has 0 aliphatic carbocycles. The number of benzene rings is 2. The van der Waals surface area contributed by atoms with Crippen molar-refractivity contribution in [3.8, 4) is 11.5 Å². The number of rotatable bonds is 2. The van der Waals surface area contributed by atoms with E-state index < -0.39 is 12.0 Å². The number of ketones is 1. The van der Waals surface area contributed by atoms with Crippen molar-refractivity contribution >= 4 is 29.1 Å². The third-order valence-electron chi connectivity index (χ3n) is 5.37. The number of carbonyl (C=O) groups is 2. The molecule has 2 amide bonds. The van der Waals surface area contributed by atoms with Crippen LogP contribution in [-0.4, -0.2) is 41.8 Å². The van der Waals surface area contributed by atoms with Gasteiger partial charge in [0.2, 0.25) is 0 Å². The molecule has 2 heterocycles. The molecule has 10 heteroatoms. The fraction of sp³-hybridized carbons (Fsp3) is 0.333. The number of urea groups is 1. The van der Waals surface area contributed by atoms with Gasteiger partial charge in [0.05, 0.1) is 17.0 Å². The predicted octanol–water partition coefficient (Wildman–Crippen LogP) is 5.27. The molecule has 1 N–H and O–H groups in total. The fourth-order valence-corrected chi connectivity index (χ4v) is 4.02. The van der Waals surface area contributed by atoms with Crippen LogP contribution in [0.1, 0.15) is 29.6 Å².